The normalized spacial score (nSPS) is 13.4. The molecule has 8 nitrogen and oxygen atoms in total. The van der Waals surface area contributed by atoms with Gasteiger partial charge in [0.25, 0.3) is 0 Å². The second-order valence-electron chi connectivity index (χ2n) is 3.01. The Kier molecular flexibility index (Phi) is 4.44. The number of nitrogens with two attached hydrogens (primary N) is 3. The highest BCUT2D eigenvalue weighted by molar-refractivity contribution is 5.69. The lowest BCUT2D eigenvalue weighted by molar-refractivity contribution is -0.965. The van der Waals surface area contributed by atoms with Gasteiger partial charge in [0.1, 0.15) is 0 Å². The lowest BCUT2D eigenvalue weighted by atomic mass is 10.2. The van der Waals surface area contributed by atoms with E-state index in [9.17, 15) is 9.59 Å². The molecule has 0 saturated carbocycles. The van der Waals surface area contributed by atoms with Crippen LogP contribution in [0, 0.1) is 0 Å². The molecule has 0 aromatic heterocycles. The Morgan fingerprint density at radius 2 is 1.93 bits per heavy atom. The van der Waals surface area contributed by atoms with Crippen molar-refractivity contribution in [3.63, 3.8) is 0 Å². The van der Waals surface area contributed by atoms with Crippen LogP contribution in [-0.4, -0.2) is 34.5 Å². The number of carboxylic acid groups (broad SMARTS) is 1. The van der Waals surface area contributed by atoms with Crippen LogP contribution in [0.15, 0.2) is 0 Å². The third kappa shape index (κ3) is 7.43. The van der Waals surface area contributed by atoms with Gasteiger partial charge in [0, 0.05) is 6.92 Å². The van der Waals surface area contributed by atoms with E-state index in [-0.39, 0.29) is 13.0 Å². The number of nitrogens with zero attached hydrogens (tertiary/aromatic N) is 1. The van der Waals surface area contributed by atoms with Gasteiger partial charge in [-0.2, -0.15) is 0 Å². The Bertz CT molecular complexity index is 208. The van der Waals surface area contributed by atoms with E-state index in [1.54, 1.807) is 0 Å². The summed E-state index contributed by atoms with van der Waals surface area (Å²) >= 11 is 0. The second kappa shape index (κ2) is 4.86. The van der Waals surface area contributed by atoms with Crippen LogP contribution in [0.3, 0.4) is 0 Å². The topological polar surface area (TPSA) is 142 Å². The summed E-state index contributed by atoms with van der Waals surface area (Å²) < 4.78 is 4.66. The van der Waals surface area contributed by atoms with E-state index in [1.807, 2.05) is 0 Å². The van der Waals surface area contributed by atoms with Crippen LogP contribution in [0.1, 0.15) is 13.3 Å². The van der Waals surface area contributed by atoms with E-state index in [1.165, 1.54) is 0 Å². The Balaban J connectivity index is 4.24. The summed E-state index contributed by atoms with van der Waals surface area (Å²) in [6, 6.07) is 0. The number of ether oxygens (including phenoxy) is 1. The second-order valence-corrected chi connectivity index (χ2v) is 3.01. The molecular weight excluding hydrogens is 192 g/mol. The van der Waals surface area contributed by atoms with E-state index < -0.39 is 22.9 Å². The number of hydrogen-bond donors (Lipinski definition) is 4. The maximum Gasteiger partial charge on any atom is 0.307 e. The monoisotopic (exact) mass is 207 g/mol. The van der Waals surface area contributed by atoms with E-state index in [0.717, 1.165) is 6.92 Å². The van der Waals surface area contributed by atoms with Gasteiger partial charge in [-0.25, -0.2) is 0 Å². The zero-order valence-electron chi connectivity index (χ0n) is 7.84. The Labute approximate surface area is 80.7 Å². The van der Waals surface area contributed by atoms with Crippen molar-refractivity contribution in [2.75, 3.05) is 6.54 Å². The largest absolute Gasteiger partial charge is 0.481 e. The highest BCUT2D eigenvalue weighted by Gasteiger charge is 2.25. The molecule has 0 aliphatic rings. The quantitative estimate of drug-likeness (QED) is 0.174. The van der Waals surface area contributed by atoms with Gasteiger partial charge >= 0.3 is 11.9 Å². The van der Waals surface area contributed by atoms with Gasteiger partial charge in [0.15, 0.2) is 12.6 Å². The van der Waals surface area contributed by atoms with Crippen molar-refractivity contribution < 1.29 is 24.2 Å². The Morgan fingerprint density at radius 3 is 2.21 bits per heavy atom. The number of carbonyl (C=O) groups is 2. The van der Waals surface area contributed by atoms with Gasteiger partial charge in [0.05, 0.1) is 6.42 Å². The molecule has 14 heavy (non-hydrogen) atoms. The molecule has 0 saturated heterocycles. The maximum atomic E-state index is 10.6. The summed E-state index contributed by atoms with van der Waals surface area (Å²) in [4.78, 5) is 20.0. The van der Waals surface area contributed by atoms with Gasteiger partial charge in [0.2, 0.25) is 0 Å². The van der Waals surface area contributed by atoms with Crippen molar-refractivity contribution in [2.45, 2.75) is 19.4 Å². The van der Waals surface area contributed by atoms with Crippen LogP contribution >= 0.6 is 0 Å². The van der Waals surface area contributed by atoms with Gasteiger partial charge in [-0.05, 0) is 0 Å². The number of hydrogen-bond acceptors (Lipinski definition) is 6. The molecule has 0 bridgehead atoms. The zero-order chi connectivity index (χ0) is 11.4. The molecule has 8 heteroatoms. The fourth-order valence-electron chi connectivity index (χ4n) is 0.926. The molecule has 0 radical (unpaired) electrons. The van der Waals surface area contributed by atoms with Crippen molar-refractivity contribution in [2.24, 2.45) is 17.5 Å². The lowest BCUT2D eigenvalue weighted by Gasteiger charge is -2.23. The minimum absolute atomic E-state index is 0.175. The smallest absolute Gasteiger partial charge is 0.307 e. The molecule has 1 atom stereocenters. The predicted octanol–water partition coefficient (Wildman–Crippen LogP) is -2.17. The van der Waals surface area contributed by atoms with Gasteiger partial charge in [-0.15, -0.1) is 22.3 Å². The fraction of sp³-hybridized carbons (Fsp3) is 0.667. The van der Waals surface area contributed by atoms with Gasteiger partial charge < -0.3 is 9.84 Å². The minimum atomic E-state index is -1.12. The SMILES string of the molecule is CC(=O)O[C@@H](CC(=O)O)C[N+](N)(N)N. The minimum Gasteiger partial charge on any atom is -0.481 e. The van der Waals surface area contributed by atoms with E-state index in [4.69, 9.17) is 22.6 Å². The number of carbonyl (C=O) groups excluding carboxylic acids is 1. The first-order chi connectivity index (χ1) is 6.20. The summed E-state index contributed by atoms with van der Waals surface area (Å²) in [6.07, 6.45) is -1.31. The number of rotatable bonds is 5. The predicted molar refractivity (Wildman–Crippen MR) is 45.5 cm³/mol. The van der Waals surface area contributed by atoms with Crippen LogP contribution in [0.2, 0.25) is 0 Å². The highest BCUT2D eigenvalue weighted by Crippen LogP contribution is 2.01. The number of esters is 1. The molecule has 0 aromatic carbocycles. The average molecular weight is 207 g/mol. The summed E-state index contributed by atoms with van der Waals surface area (Å²) in [5.74, 6) is 13.9. The van der Waals surface area contributed by atoms with Crippen LogP contribution in [0.4, 0.5) is 0 Å². The molecule has 7 N–H and O–H groups in total. The first-order valence-corrected chi connectivity index (χ1v) is 3.83. The van der Waals surface area contributed by atoms with Crippen LogP contribution in [-0.2, 0) is 14.3 Å². The fourth-order valence-corrected chi connectivity index (χ4v) is 0.926. The zero-order valence-corrected chi connectivity index (χ0v) is 7.84. The molecule has 0 amide bonds. The molecule has 0 aliphatic heterocycles. The Hall–Kier alpha value is -1.22. The number of aliphatic carboxylic acids is 1. The van der Waals surface area contributed by atoms with Crippen LogP contribution in [0.5, 0.6) is 0 Å². The molecule has 0 aromatic rings. The molecule has 0 rings (SSSR count). The molecule has 0 spiro atoms. The number of quaternary nitrogens is 1. The summed E-state index contributed by atoms with van der Waals surface area (Å²) in [7, 11) is 0. The van der Waals surface area contributed by atoms with Crippen molar-refractivity contribution in [3.8, 4) is 0 Å². The molecule has 0 fully saturated rings. The summed E-state index contributed by atoms with van der Waals surface area (Å²) in [6.45, 7) is 0.985. The van der Waals surface area contributed by atoms with Gasteiger partial charge in [-0.3, -0.25) is 9.59 Å². The first kappa shape index (κ1) is 12.8. The average Bonchev–Trinajstić information content (AvgIpc) is 1.77. The summed E-state index contributed by atoms with van der Waals surface area (Å²) in [5, 5.41) is 8.47. The van der Waals surface area contributed by atoms with E-state index >= 15 is 0 Å². The molecule has 0 aliphatic carbocycles. The van der Waals surface area contributed by atoms with Crippen LogP contribution in [0.25, 0.3) is 0 Å². The van der Waals surface area contributed by atoms with E-state index in [0.29, 0.717) is 0 Å². The summed E-state index contributed by atoms with van der Waals surface area (Å²) in [5.41, 5.74) is 0. The number of carboxylic acids is 1. The van der Waals surface area contributed by atoms with Gasteiger partial charge in [-0.1, -0.05) is 0 Å². The molecule has 0 unspecified atom stereocenters. The van der Waals surface area contributed by atoms with Crippen molar-refractivity contribution in [1.82, 2.24) is 0 Å². The third-order valence-electron chi connectivity index (χ3n) is 1.25. The Morgan fingerprint density at radius 1 is 1.43 bits per heavy atom. The standard InChI is InChI=1S/C6H14N4O4/c1-4(11)14-5(2-6(12)13)3-10(7,8)9/h5H,2-3,7-9H2,1H3/p+1/t5-/m0/s1. The maximum absolute atomic E-state index is 10.6. The molecular formula is C6H15N4O4+. The highest BCUT2D eigenvalue weighted by atomic mass is 16.5. The van der Waals surface area contributed by atoms with Crippen molar-refractivity contribution in [1.29, 1.82) is 0 Å². The van der Waals surface area contributed by atoms with Crippen molar-refractivity contribution in [3.05, 3.63) is 0 Å². The first-order valence-electron chi connectivity index (χ1n) is 3.83. The van der Waals surface area contributed by atoms with E-state index in [2.05, 4.69) is 4.74 Å². The molecule has 82 valence electrons. The molecule has 0 heterocycles. The van der Waals surface area contributed by atoms with Crippen molar-refractivity contribution >= 4 is 11.9 Å². The lowest BCUT2D eigenvalue weighted by Crippen LogP contribution is -2.68. The third-order valence-corrected chi connectivity index (χ3v) is 1.25. The van der Waals surface area contributed by atoms with Crippen LogP contribution < -0.4 is 17.5 Å².